The number of hydrogen-bond acceptors (Lipinski definition) is 5. The van der Waals surface area contributed by atoms with Crippen LogP contribution in [0.3, 0.4) is 0 Å². The number of rotatable bonds is 7. The highest BCUT2D eigenvalue weighted by molar-refractivity contribution is 7.89. The number of nitrogens with one attached hydrogen (secondary N) is 1. The molecule has 0 radical (unpaired) electrons. The van der Waals surface area contributed by atoms with Gasteiger partial charge in [0, 0.05) is 45.1 Å². The lowest BCUT2D eigenvalue weighted by atomic mass is 10.1. The molecule has 0 bridgehead atoms. The molecular formula is C28H32N4O5S. The van der Waals surface area contributed by atoms with Gasteiger partial charge in [-0.3, -0.25) is 15.0 Å². The summed E-state index contributed by atoms with van der Waals surface area (Å²) in [6, 6.07) is 24.1. The van der Waals surface area contributed by atoms with Crippen LogP contribution in [0, 0.1) is 5.41 Å². The molecule has 1 saturated heterocycles. The average Bonchev–Trinajstić information content (AvgIpc) is 2.92. The van der Waals surface area contributed by atoms with Gasteiger partial charge in [-0.1, -0.05) is 66.7 Å². The van der Waals surface area contributed by atoms with Crippen LogP contribution in [0.15, 0.2) is 83.8 Å². The number of nitrogen functional groups attached to an aromatic ring is 1. The molecule has 3 aromatic carbocycles. The third kappa shape index (κ3) is 7.74. The highest BCUT2D eigenvalue weighted by Crippen LogP contribution is 2.23. The average molecular weight is 537 g/mol. The normalized spacial score (nSPS) is 13.8. The van der Waals surface area contributed by atoms with Gasteiger partial charge in [0.25, 0.3) is 5.97 Å². The zero-order valence-corrected chi connectivity index (χ0v) is 22.0. The van der Waals surface area contributed by atoms with Crippen LogP contribution in [0.5, 0.6) is 0 Å². The molecule has 9 nitrogen and oxygen atoms in total. The van der Waals surface area contributed by atoms with Crippen LogP contribution in [0.25, 0.3) is 11.1 Å². The topological polar surface area (TPSA) is 145 Å². The number of carboxylic acid groups (broad SMARTS) is 1. The number of amides is 1. The number of sulfonamides is 1. The van der Waals surface area contributed by atoms with Gasteiger partial charge >= 0.3 is 0 Å². The van der Waals surface area contributed by atoms with Crippen molar-refractivity contribution in [1.82, 2.24) is 9.21 Å². The van der Waals surface area contributed by atoms with Gasteiger partial charge in [-0.2, -0.15) is 4.31 Å². The Morgan fingerprint density at radius 2 is 1.39 bits per heavy atom. The number of hydrogen-bond donors (Lipinski definition) is 3. The summed E-state index contributed by atoms with van der Waals surface area (Å²) in [7, 11) is -3.61. The summed E-state index contributed by atoms with van der Waals surface area (Å²) in [6.07, 6.45) is 0.941. The van der Waals surface area contributed by atoms with Crippen molar-refractivity contribution in [3.63, 3.8) is 0 Å². The molecule has 1 heterocycles. The van der Waals surface area contributed by atoms with Gasteiger partial charge in [-0.25, -0.2) is 8.42 Å². The van der Waals surface area contributed by atoms with Crippen LogP contribution < -0.4 is 5.73 Å². The molecule has 0 unspecified atom stereocenters. The Kier molecular flexibility index (Phi) is 9.75. The number of carboxylic acids is 1. The molecular weight excluding hydrogens is 504 g/mol. The molecule has 0 aliphatic carbocycles. The fourth-order valence-corrected chi connectivity index (χ4v) is 5.46. The zero-order chi connectivity index (χ0) is 27.7. The first-order chi connectivity index (χ1) is 18.1. The molecule has 0 atom stereocenters. The smallest absolute Gasteiger partial charge is 0.300 e. The second-order valence-electron chi connectivity index (χ2n) is 8.80. The van der Waals surface area contributed by atoms with Crippen LogP contribution >= 0.6 is 0 Å². The minimum atomic E-state index is -3.61. The van der Waals surface area contributed by atoms with Crippen LogP contribution in [0.1, 0.15) is 24.5 Å². The van der Waals surface area contributed by atoms with E-state index in [0.29, 0.717) is 31.5 Å². The number of aryl methyl sites for hydroxylation is 1. The predicted molar refractivity (Wildman–Crippen MR) is 146 cm³/mol. The fraction of sp³-hybridized carbons (Fsp3) is 0.250. The largest absolute Gasteiger partial charge is 0.481 e. The van der Waals surface area contributed by atoms with E-state index in [4.69, 9.17) is 21.0 Å². The van der Waals surface area contributed by atoms with Gasteiger partial charge in [0.05, 0.1) is 4.90 Å². The summed E-state index contributed by atoms with van der Waals surface area (Å²) in [5, 5.41) is 14.9. The molecule has 1 fully saturated rings. The van der Waals surface area contributed by atoms with Crippen molar-refractivity contribution in [3.05, 3.63) is 90.0 Å². The van der Waals surface area contributed by atoms with Crippen molar-refractivity contribution in [1.29, 1.82) is 5.41 Å². The number of aliphatic carboxylic acids is 1. The lowest BCUT2D eigenvalue weighted by Gasteiger charge is -2.34. The molecule has 4 N–H and O–H groups in total. The quantitative estimate of drug-likeness (QED) is 0.312. The van der Waals surface area contributed by atoms with Crippen molar-refractivity contribution in [2.24, 2.45) is 5.73 Å². The van der Waals surface area contributed by atoms with Crippen molar-refractivity contribution < 1.29 is 23.1 Å². The Bertz CT molecular complexity index is 1350. The standard InChI is InChI=1S/C26H28N4O3S.C2H4O2/c27-26(28)23-9-6-20(7-10-23)8-15-25(31)29-16-18-30(19-17-29)34(32,33)24-13-11-22(12-14-24)21-4-2-1-3-5-21;1-2(3)4/h1-7,9-14H,8,15-19H2,(H3,27,28);1H3,(H,3,4). The van der Waals surface area contributed by atoms with E-state index in [1.165, 1.54) is 4.31 Å². The molecule has 0 saturated carbocycles. The van der Waals surface area contributed by atoms with Gasteiger partial charge in [-0.05, 0) is 35.2 Å². The maximum Gasteiger partial charge on any atom is 0.300 e. The summed E-state index contributed by atoms with van der Waals surface area (Å²) in [4.78, 5) is 23.6. The Hall–Kier alpha value is -4.02. The summed E-state index contributed by atoms with van der Waals surface area (Å²) in [5.41, 5.74) is 9.12. The van der Waals surface area contributed by atoms with E-state index in [2.05, 4.69) is 0 Å². The monoisotopic (exact) mass is 536 g/mol. The van der Waals surface area contributed by atoms with Gasteiger partial charge in [-0.15, -0.1) is 0 Å². The molecule has 38 heavy (non-hydrogen) atoms. The van der Waals surface area contributed by atoms with E-state index in [1.807, 2.05) is 54.6 Å². The number of benzene rings is 3. The SMILES string of the molecule is CC(=O)O.N=C(N)c1ccc(CCC(=O)N2CCN(S(=O)(=O)c3ccc(-c4ccccc4)cc3)CC2)cc1. The van der Waals surface area contributed by atoms with E-state index < -0.39 is 16.0 Å². The van der Waals surface area contributed by atoms with Crippen molar-refractivity contribution in [2.75, 3.05) is 26.2 Å². The highest BCUT2D eigenvalue weighted by atomic mass is 32.2. The van der Waals surface area contributed by atoms with Gasteiger partial charge in [0.1, 0.15) is 5.84 Å². The number of piperazine rings is 1. The van der Waals surface area contributed by atoms with Crippen molar-refractivity contribution in [3.8, 4) is 11.1 Å². The summed E-state index contributed by atoms with van der Waals surface area (Å²) >= 11 is 0. The molecule has 1 aliphatic heterocycles. The molecule has 1 amide bonds. The number of carbonyl (C=O) groups excluding carboxylic acids is 1. The van der Waals surface area contributed by atoms with Crippen LogP contribution in [0.2, 0.25) is 0 Å². The molecule has 0 spiro atoms. The van der Waals surface area contributed by atoms with Crippen molar-refractivity contribution >= 4 is 27.7 Å². The van der Waals surface area contributed by atoms with Crippen LogP contribution in [-0.2, 0) is 26.0 Å². The first-order valence-corrected chi connectivity index (χ1v) is 13.6. The molecule has 4 rings (SSSR count). The number of carbonyl (C=O) groups is 2. The Labute approximate surface area is 223 Å². The first kappa shape index (κ1) is 28.5. The summed E-state index contributed by atoms with van der Waals surface area (Å²) in [6.45, 7) is 2.40. The number of nitrogens with zero attached hydrogens (tertiary/aromatic N) is 2. The van der Waals surface area contributed by atoms with E-state index in [1.54, 1.807) is 29.2 Å². The van der Waals surface area contributed by atoms with E-state index in [9.17, 15) is 13.2 Å². The minimum Gasteiger partial charge on any atom is -0.481 e. The first-order valence-electron chi connectivity index (χ1n) is 12.1. The second kappa shape index (κ2) is 13.0. The summed E-state index contributed by atoms with van der Waals surface area (Å²) < 4.78 is 27.6. The van der Waals surface area contributed by atoms with E-state index in [0.717, 1.165) is 23.6 Å². The van der Waals surface area contributed by atoms with Gasteiger partial charge in [0.15, 0.2) is 0 Å². The van der Waals surface area contributed by atoms with Crippen molar-refractivity contribution in [2.45, 2.75) is 24.7 Å². The Morgan fingerprint density at radius 3 is 1.92 bits per heavy atom. The maximum absolute atomic E-state index is 13.1. The van der Waals surface area contributed by atoms with E-state index in [-0.39, 0.29) is 29.7 Å². The fourth-order valence-electron chi connectivity index (χ4n) is 4.04. The van der Waals surface area contributed by atoms with Crippen LogP contribution in [0.4, 0.5) is 0 Å². The number of amidine groups is 1. The Balaban J connectivity index is 0.000000934. The molecule has 0 aromatic heterocycles. The minimum absolute atomic E-state index is 0.0138. The molecule has 200 valence electrons. The predicted octanol–water partition coefficient (Wildman–Crippen LogP) is 3.19. The van der Waals surface area contributed by atoms with Crippen LogP contribution in [-0.4, -0.2) is 66.6 Å². The van der Waals surface area contributed by atoms with Gasteiger partial charge in [0.2, 0.25) is 15.9 Å². The number of nitrogens with two attached hydrogens (primary N) is 1. The molecule has 1 aliphatic rings. The lowest BCUT2D eigenvalue weighted by molar-refractivity contribution is -0.134. The third-order valence-electron chi connectivity index (χ3n) is 6.08. The lowest BCUT2D eigenvalue weighted by Crippen LogP contribution is -2.50. The summed E-state index contributed by atoms with van der Waals surface area (Å²) in [5.74, 6) is -0.803. The molecule has 10 heteroatoms. The van der Waals surface area contributed by atoms with E-state index >= 15 is 0 Å². The highest BCUT2D eigenvalue weighted by Gasteiger charge is 2.30. The maximum atomic E-state index is 13.1. The molecule has 3 aromatic rings. The Morgan fingerprint density at radius 1 is 0.868 bits per heavy atom. The third-order valence-corrected chi connectivity index (χ3v) is 8.00. The second-order valence-corrected chi connectivity index (χ2v) is 10.7. The zero-order valence-electron chi connectivity index (χ0n) is 21.2. The van der Waals surface area contributed by atoms with Gasteiger partial charge < -0.3 is 15.7 Å².